The number of aryl methyl sites for hydroxylation is 1. The molecule has 0 unspecified atom stereocenters. The number of urea groups is 1. The molecular weight excluding hydrogens is 462 g/mol. The van der Waals surface area contributed by atoms with Crippen LogP contribution < -0.4 is 16.0 Å². The second kappa shape index (κ2) is 10.1. The average Bonchev–Trinajstić information content (AvgIpc) is 3.23. The normalized spacial score (nSPS) is 11.2. The molecule has 0 bridgehead atoms. The Bertz CT molecular complexity index is 1330. The molecule has 4 rings (SSSR count). The number of amides is 2. The molecule has 0 aliphatic heterocycles. The molecule has 2 aromatic carbocycles. The molecule has 0 aliphatic rings. The number of anilines is 3. The molecule has 9 heteroatoms. The summed E-state index contributed by atoms with van der Waals surface area (Å²) in [7, 11) is 0. The molecule has 0 aliphatic carbocycles. The van der Waals surface area contributed by atoms with Gasteiger partial charge in [-0.3, -0.25) is 5.32 Å². The summed E-state index contributed by atoms with van der Waals surface area (Å²) in [5, 5.41) is 14.0. The van der Waals surface area contributed by atoms with Crippen LogP contribution in [0.5, 0.6) is 0 Å². The summed E-state index contributed by atoms with van der Waals surface area (Å²) in [6.45, 7) is 8.61. The van der Waals surface area contributed by atoms with Gasteiger partial charge >= 0.3 is 6.03 Å². The minimum atomic E-state index is -0.335. The number of halogens is 1. The molecule has 180 valence electrons. The topological polar surface area (TPSA) is 96.8 Å². The van der Waals surface area contributed by atoms with Crippen molar-refractivity contribution >= 4 is 35.0 Å². The van der Waals surface area contributed by atoms with Gasteiger partial charge in [0.25, 0.3) is 0 Å². The Labute approximate surface area is 209 Å². The van der Waals surface area contributed by atoms with E-state index in [0.717, 1.165) is 28.2 Å². The first-order chi connectivity index (χ1) is 16.7. The zero-order chi connectivity index (χ0) is 25.0. The van der Waals surface area contributed by atoms with E-state index in [9.17, 15) is 4.79 Å². The lowest BCUT2D eigenvalue weighted by Gasteiger charge is -2.14. The maximum absolute atomic E-state index is 12.9. The zero-order valence-electron chi connectivity index (χ0n) is 20.1. The molecular formula is C26H28ClN7O. The third-order valence-corrected chi connectivity index (χ3v) is 5.53. The molecule has 0 atom stereocenters. The fraction of sp³-hybridized carbons (Fsp3) is 0.231. The summed E-state index contributed by atoms with van der Waals surface area (Å²) < 4.78 is 1.76. The highest BCUT2D eigenvalue weighted by molar-refractivity contribution is 6.28. The number of para-hydroxylation sites is 1. The highest BCUT2D eigenvalue weighted by atomic mass is 35.5. The summed E-state index contributed by atoms with van der Waals surface area (Å²) in [4.78, 5) is 20.9. The van der Waals surface area contributed by atoms with E-state index in [4.69, 9.17) is 16.7 Å². The number of benzene rings is 2. The molecule has 0 saturated heterocycles. The number of carbonyl (C=O) groups is 1. The molecule has 2 heterocycles. The number of hydrogen-bond acceptors (Lipinski definition) is 5. The predicted octanol–water partition coefficient (Wildman–Crippen LogP) is 5.99. The van der Waals surface area contributed by atoms with Crippen LogP contribution in [0.3, 0.4) is 0 Å². The fourth-order valence-corrected chi connectivity index (χ4v) is 3.54. The van der Waals surface area contributed by atoms with E-state index in [1.807, 2.05) is 61.5 Å². The van der Waals surface area contributed by atoms with Crippen molar-refractivity contribution in [3.63, 3.8) is 0 Å². The van der Waals surface area contributed by atoms with Gasteiger partial charge in [0.15, 0.2) is 0 Å². The van der Waals surface area contributed by atoms with Gasteiger partial charge in [0.2, 0.25) is 5.28 Å². The standard InChI is InChI=1S/C26H28ClN7O/c1-17-9-11-19(12-10-17)34-23(15-21(33-34)26(2,3)4)32-25(35)29-16-18-7-5-6-8-20(18)30-22-13-14-28-24(27)31-22/h5-15H,16H2,1-4H3,(H,28,30,31)(H2,29,32,35). The Hall–Kier alpha value is -3.91. The Kier molecular flexibility index (Phi) is 7.02. The van der Waals surface area contributed by atoms with Crippen LogP contribution in [-0.2, 0) is 12.0 Å². The third kappa shape index (κ3) is 6.16. The molecule has 0 spiro atoms. The molecule has 3 N–H and O–H groups in total. The molecule has 35 heavy (non-hydrogen) atoms. The van der Waals surface area contributed by atoms with Gasteiger partial charge in [-0.1, -0.05) is 56.7 Å². The summed E-state index contributed by atoms with van der Waals surface area (Å²) in [6, 6.07) is 19.0. The number of hydrogen-bond donors (Lipinski definition) is 3. The smallest absolute Gasteiger partial charge is 0.320 e. The van der Waals surface area contributed by atoms with Crippen molar-refractivity contribution in [1.82, 2.24) is 25.1 Å². The van der Waals surface area contributed by atoms with E-state index in [1.54, 1.807) is 16.9 Å². The van der Waals surface area contributed by atoms with E-state index in [0.29, 0.717) is 18.2 Å². The number of carbonyl (C=O) groups excluding carboxylic acids is 1. The van der Waals surface area contributed by atoms with Crippen molar-refractivity contribution in [2.75, 3.05) is 10.6 Å². The van der Waals surface area contributed by atoms with Gasteiger partial charge in [-0.2, -0.15) is 5.10 Å². The third-order valence-electron chi connectivity index (χ3n) is 5.34. The number of rotatable bonds is 6. The number of aromatic nitrogens is 4. The van der Waals surface area contributed by atoms with Gasteiger partial charge in [-0.05, 0) is 48.4 Å². The summed E-state index contributed by atoms with van der Waals surface area (Å²) in [6.07, 6.45) is 1.58. The molecule has 8 nitrogen and oxygen atoms in total. The molecule has 2 aromatic heterocycles. The monoisotopic (exact) mass is 489 g/mol. The van der Waals surface area contributed by atoms with Gasteiger partial charge < -0.3 is 10.6 Å². The van der Waals surface area contributed by atoms with E-state index >= 15 is 0 Å². The Balaban J connectivity index is 1.50. The SMILES string of the molecule is Cc1ccc(-n2nc(C(C)(C)C)cc2NC(=O)NCc2ccccc2Nc2ccnc(Cl)n2)cc1. The van der Waals surface area contributed by atoms with Crippen LogP contribution in [-0.4, -0.2) is 25.8 Å². The molecule has 0 saturated carbocycles. The second-order valence-electron chi connectivity index (χ2n) is 9.21. The Morgan fingerprint density at radius 3 is 2.51 bits per heavy atom. The zero-order valence-corrected chi connectivity index (χ0v) is 20.9. The highest BCUT2D eigenvalue weighted by Gasteiger charge is 2.21. The summed E-state index contributed by atoms with van der Waals surface area (Å²) in [5.74, 6) is 1.16. The first kappa shape index (κ1) is 24.2. The van der Waals surface area contributed by atoms with Crippen LogP contribution >= 0.6 is 11.6 Å². The predicted molar refractivity (Wildman–Crippen MR) is 140 cm³/mol. The van der Waals surface area contributed by atoms with Gasteiger partial charge in [-0.25, -0.2) is 19.4 Å². The Morgan fingerprint density at radius 2 is 1.80 bits per heavy atom. The van der Waals surface area contributed by atoms with Crippen molar-refractivity contribution in [3.05, 3.63) is 89.0 Å². The van der Waals surface area contributed by atoms with Gasteiger partial charge in [0.05, 0.1) is 11.4 Å². The Morgan fingerprint density at radius 1 is 1.06 bits per heavy atom. The van der Waals surface area contributed by atoms with E-state index < -0.39 is 0 Å². The first-order valence-electron chi connectivity index (χ1n) is 11.2. The van der Waals surface area contributed by atoms with Crippen molar-refractivity contribution in [2.24, 2.45) is 0 Å². The van der Waals surface area contributed by atoms with Crippen molar-refractivity contribution in [3.8, 4) is 5.69 Å². The molecule has 2 amide bonds. The largest absolute Gasteiger partial charge is 0.340 e. The maximum atomic E-state index is 12.9. The maximum Gasteiger partial charge on any atom is 0.320 e. The minimum Gasteiger partial charge on any atom is -0.340 e. The quantitative estimate of drug-likeness (QED) is 0.289. The fourth-order valence-electron chi connectivity index (χ4n) is 3.39. The van der Waals surface area contributed by atoms with Crippen molar-refractivity contribution in [2.45, 2.75) is 39.7 Å². The van der Waals surface area contributed by atoms with Gasteiger partial charge in [-0.15, -0.1) is 0 Å². The van der Waals surface area contributed by atoms with Crippen LogP contribution in [0.4, 0.5) is 22.1 Å². The lowest BCUT2D eigenvalue weighted by Crippen LogP contribution is -2.29. The van der Waals surface area contributed by atoms with Crippen LogP contribution in [0.25, 0.3) is 5.69 Å². The number of nitrogens with zero attached hydrogens (tertiary/aromatic N) is 4. The lowest BCUT2D eigenvalue weighted by molar-refractivity contribution is 0.251. The summed E-state index contributed by atoms with van der Waals surface area (Å²) >= 11 is 5.89. The first-order valence-corrected chi connectivity index (χ1v) is 11.6. The van der Waals surface area contributed by atoms with E-state index in [-0.39, 0.29) is 16.7 Å². The van der Waals surface area contributed by atoms with E-state index in [1.165, 1.54) is 0 Å². The van der Waals surface area contributed by atoms with Gasteiger partial charge in [0.1, 0.15) is 11.6 Å². The van der Waals surface area contributed by atoms with Crippen LogP contribution in [0.1, 0.15) is 37.6 Å². The van der Waals surface area contributed by atoms with Crippen LogP contribution in [0.2, 0.25) is 5.28 Å². The van der Waals surface area contributed by atoms with Crippen molar-refractivity contribution in [1.29, 1.82) is 0 Å². The van der Waals surface area contributed by atoms with Crippen LogP contribution in [0, 0.1) is 6.92 Å². The van der Waals surface area contributed by atoms with Crippen molar-refractivity contribution < 1.29 is 4.79 Å². The molecule has 0 radical (unpaired) electrons. The summed E-state index contributed by atoms with van der Waals surface area (Å²) in [5.41, 5.74) is 4.44. The minimum absolute atomic E-state index is 0.157. The van der Waals surface area contributed by atoms with Gasteiger partial charge in [0, 0.05) is 29.9 Å². The average molecular weight is 490 g/mol. The molecule has 0 fully saturated rings. The molecule has 4 aromatic rings. The van der Waals surface area contributed by atoms with Crippen LogP contribution in [0.15, 0.2) is 66.9 Å². The second-order valence-corrected chi connectivity index (χ2v) is 9.55. The highest BCUT2D eigenvalue weighted by Crippen LogP contribution is 2.26. The number of nitrogens with one attached hydrogen (secondary N) is 3. The van der Waals surface area contributed by atoms with E-state index in [2.05, 4.69) is 46.7 Å². The lowest BCUT2D eigenvalue weighted by atomic mass is 9.92.